The van der Waals surface area contributed by atoms with Gasteiger partial charge in [0.05, 0.1) is 34.6 Å². The van der Waals surface area contributed by atoms with Crippen LogP contribution in [0.1, 0.15) is 37.8 Å². The number of carbonyl (C=O) groups excluding carboxylic acids is 2. The van der Waals surface area contributed by atoms with Crippen molar-refractivity contribution < 1.29 is 37.0 Å². The Labute approximate surface area is 158 Å². The van der Waals surface area contributed by atoms with Crippen LogP contribution in [0.3, 0.4) is 0 Å². The number of carbonyl (C=O) groups is 2. The maximum Gasteiger partial charge on any atom is 0.513 e. The van der Waals surface area contributed by atoms with Gasteiger partial charge in [-0.15, -0.1) is 0 Å². The molecule has 2 heterocycles. The topological polar surface area (TPSA) is 73.9 Å². The van der Waals surface area contributed by atoms with Gasteiger partial charge in [0, 0.05) is 0 Å². The number of esters is 1. The van der Waals surface area contributed by atoms with Crippen LogP contribution in [0, 0.1) is 0 Å². The largest absolute Gasteiger partial charge is 0.513 e. The highest BCUT2D eigenvalue weighted by Crippen LogP contribution is 2.45. The molecule has 0 bridgehead atoms. The minimum absolute atomic E-state index is 0.0188. The van der Waals surface area contributed by atoms with Gasteiger partial charge in [0.25, 0.3) is 0 Å². The summed E-state index contributed by atoms with van der Waals surface area (Å²) in [6, 6.07) is 4.84. The van der Waals surface area contributed by atoms with Gasteiger partial charge in [-0.1, -0.05) is 18.2 Å². The van der Waals surface area contributed by atoms with E-state index in [1.165, 1.54) is 25.1 Å². The zero-order valence-corrected chi connectivity index (χ0v) is 15.3. The van der Waals surface area contributed by atoms with Crippen molar-refractivity contribution in [3.05, 3.63) is 58.1 Å². The molecular weight excluding hydrogens is 379 g/mol. The van der Waals surface area contributed by atoms with Crippen molar-refractivity contribution in [1.82, 2.24) is 5.32 Å². The van der Waals surface area contributed by atoms with Crippen molar-refractivity contribution in [2.45, 2.75) is 39.0 Å². The van der Waals surface area contributed by atoms with E-state index in [0.29, 0.717) is 11.4 Å². The summed E-state index contributed by atoms with van der Waals surface area (Å²) < 4.78 is 56.0. The average molecular weight is 397 g/mol. The number of dihydropyridines is 1. The lowest BCUT2D eigenvalue weighted by Gasteiger charge is -2.29. The Kier molecular flexibility index (Phi) is 5.10. The lowest BCUT2D eigenvalue weighted by molar-refractivity contribution is -0.139. The summed E-state index contributed by atoms with van der Waals surface area (Å²) in [5.41, 5.74) is -0.530. The number of nitrogens with one attached hydrogen (secondary N) is 1. The molecule has 28 heavy (non-hydrogen) atoms. The summed E-state index contributed by atoms with van der Waals surface area (Å²) >= 11 is 0. The Morgan fingerprint density at radius 2 is 1.96 bits per heavy atom. The van der Waals surface area contributed by atoms with Crippen molar-refractivity contribution in [2.24, 2.45) is 0 Å². The van der Waals surface area contributed by atoms with Crippen LogP contribution in [0.5, 0.6) is 0 Å². The molecular formula is C19H18F3NO5. The maximum atomic E-state index is 13.6. The van der Waals surface area contributed by atoms with Crippen LogP contribution in [-0.4, -0.2) is 24.8 Å². The molecule has 150 valence electrons. The van der Waals surface area contributed by atoms with E-state index < -0.39 is 35.9 Å². The van der Waals surface area contributed by atoms with Crippen LogP contribution in [0.4, 0.5) is 18.0 Å². The van der Waals surface area contributed by atoms with Crippen molar-refractivity contribution >= 4 is 12.1 Å². The molecule has 1 atom stereocenters. The number of hydrogen-bond acceptors (Lipinski definition) is 6. The molecule has 2 aliphatic heterocycles. The molecule has 0 saturated carbocycles. The fraction of sp³-hybridized carbons (Fsp3) is 0.368. The van der Waals surface area contributed by atoms with Crippen LogP contribution in [-0.2, 0) is 25.2 Å². The van der Waals surface area contributed by atoms with Gasteiger partial charge in [0.15, 0.2) is 0 Å². The van der Waals surface area contributed by atoms with Gasteiger partial charge in [-0.3, -0.25) is 0 Å². The molecule has 0 spiro atoms. The maximum absolute atomic E-state index is 13.6. The lowest BCUT2D eigenvalue weighted by Crippen LogP contribution is -2.30. The van der Waals surface area contributed by atoms with Crippen LogP contribution in [0.25, 0.3) is 0 Å². The minimum atomic E-state index is -4.66. The number of cyclic esters (lactones) is 1. The zero-order valence-electron chi connectivity index (χ0n) is 15.3. The lowest BCUT2D eigenvalue weighted by atomic mass is 9.83. The Balaban J connectivity index is 2.13. The second kappa shape index (κ2) is 7.21. The smallest absolute Gasteiger partial charge is 0.456 e. The van der Waals surface area contributed by atoms with Crippen LogP contribution in [0.2, 0.25) is 0 Å². The van der Waals surface area contributed by atoms with Crippen molar-refractivity contribution in [3.8, 4) is 0 Å². The molecule has 2 aliphatic rings. The van der Waals surface area contributed by atoms with E-state index in [-0.39, 0.29) is 23.5 Å². The highest BCUT2D eigenvalue weighted by atomic mass is 19.4. The van der Waals surface area contributed by atoms with Crippen molar-refractivity contribution in [3.63, 3.8) is 0 Å². The highest BCUT2D eigenvalue weighted by Gasteiger charge is 2.45. The van der Waals surface area contributed by atoms with Gasteiger partial charge in [0.1, 0.15) is 12.4 Å². The van der Waals surface area contributed by atoms with E-state index in [9.17, 15) is 22.8 Å². The summed E-state index contributed by atoms with van der Waals surface area (Å²) in [4.78, 5) is 24.3. The second-order valence-corrected chi connectivity index (χ2v) is 6.62. The first-order valence-corrected chi connectivity index (χ1v) is 8.52. The number of allylic oxidation sites excluding steroid dienone is 2. The number of alkyl halides is 3. The third-order valence-corrected chi connectivity index (χ3v) is 4.25. The summed E-state index contributed by atoms with van der Waals surface area (Å²) in [5, 5.41) is 2.87. The predicted molar refractivity (Wildman–Crippen MR) is 90.7 cm³/mol. The van der Waals surface area contributed by atoms with E-state index in [1.807, 2.05) is 0 Å². The standard InChI is InChI=1S/C19H18F3NO5/c1-9(2)27-18(25)28-16-10(3)23-13-8-26-17(24)15(13)14(16)11-6-4-5-7-12(11)19(20,21)22/h4-7,9,14,23H,8H2,1-3H3. The molecule has 0 amide bonds. The van der Waals surface area contributed by atoms with E-state index in [0.717, 1.165) is 6.07 Å². The fourth-order valence-electron chi connectivity index (χ4n) is 3.19. The van der Waals surface area contributed by atoms with E-state index in [2.05, 4.69) is 5.32 Å². The molecule has 0 saturated heterocycles. The summed E-state index contributed by atoms with van der Waals surface area (Å²) in [6.45, 7) is 4.65. The zero-order chi connectivity index (χ0) is 20.6. The predicted octanol–water partition coefficient (Wildman–Crippen LogP) is 4.00. The Morgan fingerprint density at radius 1 is 1.29 bits per heavy atom. The molecule has 1 aromatic rings. The van der Waals surface area contributed by atoms with Crippen LogP contribution in [0.15, 0.2) is 47.0 Å². The third kappa shape index (κ3) is 3.69. The van der Waals surface area contributed by atoms with E-state index in [4.69, 9.17) is 14.2 Å². The molecule has 1 N–H and O–H groups in total. The van der Waals surface area contributed by atoms with Gasteiger partial charge in [-0.25, -0.2) is 9.59 Å². The molecule has 0 aliphatic carbocycles. The molecule has 1 unspecified atom stereocenters. The first kappa shape index (κ1) is 19.8. The normalized spacial score (nSPS) is 19.4. The number of hydrogen-bond donors (Lipinski definition) is 1. The first-order chi connectivity index (χ1) is 13.1. The average Bonchev–Trinajstić information content (AvgIpc) is 2.94. The number of rotatable bonds is 3. The summed E-state index contributed by atoms with van der Waals surface area (Å²) in [7, 11) is 0. The highest BCUT2D eigenvalue weighted by molar-refractivity contribution is 5.95. The van der Waals surface area contributed by atoms with Gasteiger partial charge in [0.2, 0.25) is 0 Å². The van der Waals surface area contributed by atoms with E-state index >= 15 is 0 Å². The summed E-state index contributed by atoms with van der Waals surface area (Å²) in [5.74, 6) is -2.17. The minimum Gasteiger partial charge on any atom is -0.456 e. The first-order valence-electron chi connectivity index (χ1n) is 8.52. The van der Waals surface area contributed by atoms with Gasteiger partial charge >= 0.3 is 18.3 Å². The Morgan fingerprint density at radius 3 is 2.61 bits per heavy atom. The SMILES string of the molecule is CC1=C(OC(=O)OC(C)C)C(c2ccccc2C(F)(F)F)C2=C(COC2=O)N1. The molecule has 1 aromatic carbocycles. The number of halogens is 3. The fourth-order valence-corrected chi connectivity index (χ4v) is 3.19. The third-order valence-electron chi connectivity index (χ3n) is 4.25. The van der Waals surface area contributed by atoms with Gasteiger partial charge in [-0.2, -0.15) is 13.2 Å². The number of ether oxygens (including phenoxy) is 3. The molecule has 0 aromatic heterocycles. The molecule has 0 fully saturated rings. The van der Waals surface area contributed by atoms with Crippen molar-refractivity contribution in [2.75, 3.05) is 6.61 Å². The molecule has 3 rings (SSSR count). The molecule has 6 nitrogen and oxygen atoms in total. The monoisotopic (exact) mass is 397 g/mol. The number of benzene rings is 1. The van der Waals surface area contributed by atoms with Crippen molar-refractivity contribution in [1.29, 1.82) is 0 Å². The molecule has 0 radical (unpaired) electrons. The molecule has 9 heteroatoms. The van der Waals surface area contributed by atoms with Gasteiger partial charge < -0.3 is 19.5 Å². The van der Waals surface area contributed by atoms with Crippen LogP contribution >= 0.6 is 0 Å². The van der Waals surface area contributed by atoms with Crippen LogP contribution < -0.4 is 5.32 Å². The second-order valence-electron chi connectivity index (χ2n) is 6.62. The Hall–Kier alpha value is -2.97. The Bertz CT molecular complexity index is 886. The van der Waals surface area contributed by atoms with Gasteiger partial charge in [-0.05, 0) is 32.4 Å². The van der Waals surface area contributed by atoms with E-state index in [1.54, 1.807) is 13.8 Å². The quantitative estimate of drug-likeness (QED) is 0.778. The summed E-state index contributed by atoms with van der Waals surface area (Å²) in [6.07, 6.45) is -6.23.